The van der Waals surface area contributed by atoms with Gasteiger partial charge in [-0.25, -0.2) is 33.8 Å². The first-order valence-corrected chi connectivity index (χ1v) is 53.2. The van der Waals surface area contributed by atoms with Crippen LogP contribution < -0.4 is 66.5 Å². The molecule has 34 nitrogen and oxygen atoms in total. The predicted octanol–water partition coefficient (Wildman–Crippen LogP) is 21.7. The number of methoxy groups -OCH3 is 1. The molecule has 0 unspecified atom stereocenters. The van der Waals surface area contributed by atoms with Gasteiger partial charge >= 0.3 is 12.0 Å². The first-order valence-electron chi connectivity index (χ1n) is 46.0. The number of benzene rings is 4. The van der Waals surface area contributed by atoms with Crippen LogP contribution in [0.2, 0.25) is 20.1 Å². The molecule has 13 heterocycles. The summed E-state index contributed by atoms with van der Waals surface area (Å²) >= 11 is 36.1. The van der Waals surface area contributed by atoms with Crippen molar-refractivity contribution in [3.63, 3.8) is 0 Å². The molecule has 0 spiro atoms. The highest BCUT2D eigenvalue weighted by atomic mass is 79.9. The third-order valence-electron chi connectivity index (χ3n) is 23.3. The number of carboxylic acid groups (broad SMARTS) is 1. The highest BCUT2D eigenvalue weighted by Gasteiger charge is 2.36. The lowest BCUT2D eigenvalue weighted by molar-refractivity contribution is 0.0701. The number of morpholine rings is 6. The maximum absolute atomic E-state index is 13.3. The van der Waals surface area contributed by atoms with E-state index in [2.05, 4.69) is 116 Å². The number of carboxylic acids is 1. The second-order valence-electron chi connectivity index (χ2n) is 32.6. The molecule has 6 aliphatic heterocycles. The Balaban J connectivity index is 0.000000157. The summed E-state index contributed by atoms with van der Waals surface area (Å²) in [6, 6.07) is 28.6. The van der Waals surface area contributed by atoms with Crippen molar-refractivity contribution in [2.24, 2.45) is 5.73 Å². The highest BCUT2D eigenvalue weighted by molar-refractivity contribution is 9.10. The van der Waals surface area contributed by atoms with Crippen molar-refractivity contribution in [1.82, 2.24) is 31.0 Å². The largest absolute Gasteiger partial charge is 0.497 e. The number of aromatic nitrogens is 2. The first kappa shape index (κ1) is 112. The van der Waals surface area contributed by atoms with Gasteiger partial charge in [0, 0.05) is 154 Å². The van der Waals surface area contributed by atoms with E-state index in [0.29, 0.717) is 265 Å². The van der Waals surface area contributed by atoms with E-state index in [4.69, 9.17) is 118 Å². The third kappa shape index (κ3) is 27.3. The minimum atomic E-state index is -1.03. The topological polar surface area (TPSA) is 356 Å². The Labute approximate surface area is 899 Å². The van der Waals surface area contributed by atoms with Gasteiger partial charge in [-0.05, 0) is 110 Å². The molecule has 146 heavy (non-hydrogen) atoms. The normalized spacial score (nSPS) is 14.3. The smallest absolute Gasteiger partial charge is 0.345 e. The van der Waals surface area contributed by atoms with Gasteiger partial charge < -0.3 is 100.0 Å². The first-order chi connectivity index (χ1) is 70.5. The molecule has 7 aromatic heterocycles. The number of rotatable bonds is 23. The molecule has 0 radical (unpaired) electrons. The Morgan fingerprint density at radius 1 is 0.514 bits per heavy atom. The zero-order valence-corrected chi connectivity index (χ0v) is 90.6. The minimum Gasteiger partial charge on any atom is -0.497 e. The van der Waals surface area contributed by atoms with E-state index in [0.717, 1.165) is 121 Å². The zero-order chi connectivity index (χ0) is 105. The van der Waals surface area contributed by atoms with Crippen LogP contribution >= 0.6 is 130 Å². The molecule has 6 aliphatic rings. The van der Waals surface area contributed by atoms with Crippen molar-refractivity contribution < 1.29 is 67.0 Å². The molecule has 4 aromatic carbocycles. The maximum Gasteiger partial charge on any atom is 0.345 e. The van der Waals surface area contributed by atoms with Crippen molar-refractivity contribution in [2.45, 2.75) is 47.1 Å². The zero-order valence-electron chi connectivity index (χ0n) is 81.1. The molecular weight excluding hydrogens is 2130 g/mol. The average Bonchev–Trinajstić information content (AvgIpc) is 1.64. The van der Waals surface area contributed by atoms with Crippen molar-refractivity contribution in [3.05, 3.63) is 232 Å². The van der Waals surface area contributed by atoms with E-state index >= 15 is 0 Å². The Bertz CT molecular complexity index is 6840. The lowest BCUT2D eigenvalue weighted by Gasteiger charge is -2.28. The number of thiophene rings is 6. The number of ether oxygens (including phenoxy) is 7. The summed E-state index contributed by atoms with van der Waals surface area (Å²) in [5, 5.41) is 44.2. The molecule has 0 aliphatic carbocycles. The fourth-order valence-corrected chi connectivity index (χ4v) is 24.9. The van der Waals surface area contributed by atoms with E-state index < -0.39 is 12.0 Å². The molecule has 17 rings (SSSR count). The SMILES string of the molecule is CCCc1c(C(=O)NC)sc(N2CCOCC2)c1C#N.[C-]#[N+]c1c(N2CCOCC2)sc(C(=O)NC)c1-c1ccc(Br)cc1.[C-]#[N+]c1c(N2CCOCC2)sc(C(=O)NC)c1C(=C)C.[C-]#[N+]c1c(N2CCOCC2)sc(C(=O)NCCn2nc(C)cc2C)c1-c1ccc(Cl)cc1Cl.[C-]#[N+]c1c(N2CCOCC2)sc(C(=O)O)c1-c1cccc(OC)c1.[C-]#[N+]c1c(N2CCOCC2)sc(NC(N)=O)c1-c1ccc(Cl)c(Cl)c1. The summed E-state index contributed by atoms with van der Waals surface area (Å²) in [5.74, 6) is -1.08. The summed E-state index contributed by atoms with van der Waals surface area (Å²) < 4.78 is 40.3. The number of nitriles is 1. The van der Waals surface area contributed by atoms with Gasteiger partial charge in [0.15, 0.2) is 0 Å². The second kappa shape index (κ2) is 54.3. The number of carbonyl (C=O) groups is 6. The van der Waals surface area contributed by atoms with Crippen LogP contribution in [0.15, 0.2) is 102 Å². The average molecular weight is 2240 g/mol. The number of hydrogen-bond donors (Lipinski definition) is 7. The summed E-state index contributed by atoms with van der Waals surface area (Å²) in [6.07, 6.45) is 1.67. The molecule has 6 amide bonds. The van der Waals surface area contributed by atoms with Gasteiger partial charge in [0.25, 0.3) is 23.6 Å². The summed E-state index contributed by atoms with van der Waals surface area (Å²) in [5.41, 5.74) is 17.8. The van der Waals surface area contributed by atoms with E-state index in [9.17, 15) is 39.1 Å². The quantitative estimate of drug-likeness (QED) is 0.0292. The standard InChI is InChI=1S/C23H23Cl2N5O2S.C17H16BrN3O2S.C17H16N2O4S.C16H14Cl2N4O2S.C14H17N3O2S.C14H19N3O2S/c1-14-12-15(2)30(28-14)7-6-27-22(31)21-19(17-5-4-16(24)13-18(17)25)20(26-3)23(33-21)29-8-10-32-11-9-29;1-19-14-13(11-3-5-12(18)6-4-11)15(16(22)20-2)24-17(14)21-7-9-23-10-8-21;1-18-14-13(11-4-3-5-12(10-11)22-2)15(17(20)21)24-16(14)19-6-8-23-9-7-19;1-20-13-12(9-2-3-10(17)11(18)8-9)14(21-16(19)23)25-15(13)22-4-6-24-7-5-22;1-9(2)10-11(15-3)14(17-5-7-19-8-6-17)20-12(10)13(18)16-4;1-3-4-10-11(9-15)14(17-5-7-19-8-6-17)20-12(10)13(18)16-2/h4-5,12-13H,6-11H2,1-2H3,(H,27,31);3-6H,7-10H2,2H3,(H,20,22);3-5,10H,6-9H2,2H3,(H,20,21);2-3,8H,4-7H2,(H3,19,21,23);1,5-8H2,2,4H3,(H,16,18);3-8H2,1-2H3,(H,16,18). The lowest BCUT2D eigenvalue weighted by Crippen LogP contribution is -2.36. The van der Waals surface area contributed by atoms with E-state index in [1.165, 1.54) is 56.7 Å². The number of primary amides is 1. The molecule has 6 saturated heterocycles. The number of halogens is 5. The number of aromatic carboxylic acids is 1. The number of urea groups is 1. The number of nitrogens with two attached hydrogens (primary N) is 1. The van der Waals surface area contributed by atoms with Gasteiger partial charge in [-0.1, -0.05) is 124 Å². The molecule has 11 aromatic rings. The van der Waals surface area contributed by atoms with Crippen molar-refractivity contribution >= 4 is 235 Å². The van der Waals surface area contributed by atoms with Crippen LogP contribution in [0.1, 0.15) is 96.7 Å². The second-order valence-corrected chi connectivity index (χ2v) is 41.2. The Hall–Kier alpha value is -12.4. The number of hydrogen-bond acceptors (Lipinski definition) is 27. The van der Waals surface area contributed by atoms with E-state index in [1.807, 2.05) is 60.7 Å². The van der Waals surface area contributed by atoms with Crippen molar-refractivity contribution in [3.8, 4) is 56.3 Å². The Kier molecular flexibility index (Phi) is 41.8. The molecule has 764 valence electrons. The number of nitrogens with zero attached hydrogens (tertiary/aromatic N) is 14. The van der Waals surface area contributed by atoms with E-state index in [1.54, 1.807) is 88.9 Å². The van der Waals surface area contributed by atoms with Crippen molar-refractivity contribution in [1.29, 1.82) is 5.26 Å². The van der Waals surface area contributed by atoms with Crippen LogP contribution in [0.5, 0.6) is 5.75 Å². The van der Waals surface area contributed by atoms with Crippen molar-refractivity contribution in [2.75, 3.05) is 227 Å². The van der Waals surface area contributed by atoms with Gasteiger partial charge in [0.1, 0.15) is 21.7 Å². The molecule has 0 bridgehead atoms. The summed E-state index contributed by atoms with van der Waals surface area (Å²) in [4.78, 5) is 107. The molecule has 8 N–H and O–H groups in total. The molecule has 0 saturated carbocycles. The van der Waals surface area contributed by atoms with Gasteiger partial charge in [0.05, 0.1) is 197 Å². The van der Waals surface area contributed by atoms with Crippen LogP contribution in [0.3, 0.4) is 0 Å². The highest BCUT2D eigenvalue weighted by Crippen LogP contribution is 2.56. The number of nitrogens with one attached hydrogen (secondary N) is 5. The summed E-state index contributed by atoms with van der Waals surface area (Å²) in [6.45, 7) is 66.8. The van der Waals surface area contributed by atoms with Gasteiger partial charge in [0.2, 0.25) is 28.4 Å². The molecule has 0 atom stereocenters. The van der Waals surface area contributed by atoms with Crippen LogP contribution in [-0.2, 0) is 41.4 Å². The van der Waals surface area contributed by atoms with Gasteiger partial charge in [-0.3, -0.25) is 23.9 Å². The third-order valence-corrected chi connectivity index (χ3v) is 32.5. The number of allylic oxidation sites excluding steroid dienone is 1. The van der Waals surface area contributed by atoms with E-state index in [-0.39, 0.29) is 28.5 Å². The number of anilines is 7. The Morgan fingerprint density at radius 2 is 0.932 bits per heavy atom. The number of amides is 6. The van der Waals surface area contributed by atoms with Crippen LogP contribution in [-0.4, -0.2) is 243 Å². The Morgan fingerprint density at radius 3 is 1.36 bits per heavy atom. The fourth-order valence-electron chi connectivity index (χ4n) is 16.3. The molecule has 6 fully saturated rings. The van der Waals surface area contributed by atoms with Crippen LogP contribution in [0, 0.1) is 58.0 Å². The van der Waals surface area contributed by atoms with Crippen LogP contribution in [0.25, 0.3) is 74.3 Å². The lowest BCUT2D eigenvalue weighted by atomic mass is 10.0. The number of carbonyl (C=O) groups excluding carboxylic acids is 5. The van der Waals surface area contributed by atoms with Gasteiger partial charge in [-0.2, -0.15) is 10.4 Å². The fraction of sp³-hybridized carbons (Fsp3) is 0.356. The monoisotopic (exact) mass is 2230 g/mol. The predicted molar refractivity (Wildman–Crippen MR) is 589 cm³/mol. The number of aryl methyl sites for hydroxylation is 2. The van der Waals surface area contributed by atoms with Gasteiger partial charge in [-0.15, -0.1) is 68.0 Å². The molecule has 45 heteroatoms. The minimum absolute atomic E-state index is 0.102. The maximum atomic E-state index is 13.3. The van der Waals surface area contributed by atoms with Crippen LogP contribution in [0.4, 0.5) is 68.2 Å². The molecular formula is C101H105BrCl4N20O14S6. The summed E-state index contributed by atoms with van der Waals surface area (Å²) in [7, 11) is 6.38.